The Morgan fingerprint density at radius 1 is 1.23 bits per heavy atom. The molecule has 1 aliphatic carbocycles. The lowest BCUT2D eigenvalue weighted by Crippen LogP contribution is -2.36. The predicted molar refractivity (Wildman–Crippen MR) is 116 cm³/mol. The van der Waals surface area contributed by atoms with Gasteiger partial charge in [0, 0.05) is 13.1 Å². The first-order valence-electron chi connectivity index (χ1n) is 10.5. The van der Waals surface area contributed by atoms with Crippen LogP contribution >= 0.6 is 11.6 Å². The van der Waals surface area contributed by atoms with Crippen LogP contribution in [0, 0.1) is 22.7 Å². The zero-order valence-corrected chi connectivity index (χ0v) is 18.5. The second kappa shape index (κ2) is 10.4. The van der Waals surface area contributed by atoms with Crippen molar-refractivity contribution in [1.29, 1.82) is 5.26 Å². The van der Waals surface area contributed by atoms with E-state index in [1.807, 2.05) is 18.7 Å². The largest absolute Gasteiger partial charge is 0.488 e. The predicted octanol–water partition coefficient (Wildman–Crippen LogP) is 2.90. The SMILES string of the molecule is CC.N#CC1(COc2nc(Cl)nc(N3CCC(COc4cncnc4N)CC3)n2)CC1. The Hall–Kier alpha value is -2.93. The molecule has 0 bridgehead atoms. The van der Waals surface area contributed by atoms with Gasteiger partial charge in [-0.05, 0) is 43.2 Å². The number of halogens is 1. The number of nitrogen functional groups attached to an aromatic ring is 1. The van der Waals surface area contributed by atoms with Gasteiger partial charge in [0.15, 0.2) is 11.6 Å². The molecule has 0 spiro atoms. The van der Waals surface area contributed by atoms with Crippen molar-refractivity contribution in [3.8, 4) is 17.8 Å². The van der Waals surface area contributed by atoms with Crippen molar-refractivity contribution in [2.45, 2.75) is 39.5 Å². The van der Waals surface area contributed by atoms with Gasteiger partial charge >= 0.3 is 6.01 Å². The minimum Gasteiger partial charge on any atom is -0.488 e. The van der Waals surface area contributed by atoms with Crippen molar-refractivity contribution in [1.82, 2.24) is 24.9 Å². The molecule has 11 heteroatoms. The highest BCUT2D eigenvalue weighted by atomic mass is 35.5. The molecule has 31 heavy (non-hydrogen) atoms. The van der Waals surface area contributed by atoms with Crippen LogP contribution in [0.2, 0.25) is 5.28 Å². The maximum absolute atomic E-state index is 9.16. The number of piperidine rings is 1. The van der Waals surface area contributed by atoms with Gasteiger partial charge in [0.05, 0.1) is 24.3 Å². The zero-order valence-electron chi connectivity index (χ0n) is 17.8. The van der Waals surface area contributed by atoms with Gasteiger partial charge in [-0.1, -0.05) is 13.8 Å². The Kier molecular flexibility index (Phi) is 7.63. The number of anilines is 2. The highest BCUT2D eigenvalue weighted by Gasteiger charge is 2.44. The molecule has 1 aliphatic heterocycles. The molecule has 0 radical (unpaired) electrons. The average Bonchev–Trinajstić information content (AvgIpc) is 3.59. The van der Waals surface area contributed by atoms with Crippen LogP contribution in [0.15, 0.2) is 12.5 Å². The quantitative estimate of drug-likeness (QED) is 0.675. The Morgan fingerprint density at radius 3 is 2.61 bits per heavy atom. The van der Waals surface area contributed by atoms with Crippen molar-refractivity contribution in [2.75, 3.05) is 36.9 Å². The first kappa shape index (κ1) is 22.7. The number of nitrogens with two attached hydrogens (primary N) is 1. The summed E-state index contributed by atoms with van der Waals surface area (Å²) in [6, 6.07) is 2.44. The van der Waals surface area contributed by atoms with Crippen LogP contribution in [0.5, 0.6) is 11.8 Å². The van der Waals surface area contributed by atoms with Gasteiger partial charge in [-0.2, -0.15) is 20.2 Å². The lowest BCUT2D eigenvalue weighted by atomic mass is 9.98. The topological polar surface area (TPSA) is 136 Å². The number of hydrogen-bond acceptors (Lipinski definition) is 10. The van der Waals surface area contributed by atoms with Crippen LogP contribution in [-0.2, 0) is 0 Å². The highest BCUT2D eigenvalue weighted by molar-refractivity contribution is 6.28. The number of nitriles is 1. The van der Waals surface area contributed by atoms with Crippen molar-refractivity contribution < 1.29 is 9.47 Å². The van der Waals surface area contributed by atoms with E-state index in [0.717, 1.165) is 38.8 Å². The molecule has 1 saturated carbocycles. The number of aromatic nitrogens is 5. The molecular formula is C20H27ClN8O2. The first-order chi connectivity index (χ1) is 15.1. The summed E-state index contributed by atoms with van der Waals surface area (Å²) in [4.78, 5) is 22.5. The van der Waals surface area contributed by atoms with Gasteiger partial charge < -0.3 is 20.1 Å². The van der Waals surface area contributed by atoms with E-state index in [0.29, 0.717) is 30.0 Å². The Bertz CT molecular complexity index is 910. The standard InChI is InChI=1S/C18H21ClN8O2.C2H6/c19-15-24-16(26-17(25-15)29-10-18(9-20)3-4-18)27-5-1-12(2-6-27)8-28-13-7-22-11-23-14(13)21;1-2/h7,11-12H,1-6,8,10H2,(H2,21,22,23);1-2H3. The maximum atomic E-state index is 9.16. The Balaban J connectivity index is 0.00000132. The number of hydrogen-bond donors (Lipinski definition) is 1. The van der Waals surface area contributed by atoms with Crippen LogP contribution in [0.25, 0.3) is 0 Å². The van der Waals surface area contributed by atoms with E-state index in [1.165, 1.54) is 6.33 Å². The number of ether oxygens (including phenoxy) is 2. The molecule has 2 N–H and O–H groups in total. The van der Waals surface area contributed by atoms with Crippen molar-refractivity contribution in [3.05, 3.63) is 17.8 Å². The van der Waals surface area contributed by atoms with E-state index >= 15 is 0 Å². The molecule has 2 aliphatic rings. The van der Waals surface area contributed by atoms with Gasteiger partial charge in [-0.15, -0.1) is 0 Å². The van der Waals surface area contributed by atoms with E-state index in [9.17, 15) is 0 Å². The molecule has 3 heterocycles. The smallest absolute Gasteiger partial charge is 0.322 e. The molecule has 1 saturated heterocycles. The Labute approximate surface area is 186 Å². The average molecular weight is 447 g/mol. The molecule has 4 rings (SSSR count). The van der Waals surface area contributed by atoms with Crippen molar-refractivity contribution in [3.63, 3.8) is 0 Å². The molecule has 0 aromatic carbocycles. The summed E-state index contributed by atoms with van der Waals surface area (Å²) >= 11 is 6.05. The van der Waals surface area contributed by atoms with Gasteiger partial charge in [0.1, 0.15) is 12.9 Å². The van der Waals surface area contributed by atoms with Crippen molar-refractivity contribution >= 4 is 23.4 Å². The summed E-state index contributed by atoms with van der Waals surface area (Å²) in [5, 5.41) is 9.24. The van der Waals surface area contributed by atoms with E-state index in [4.69, 9.17) is 32.1 Å². The monoisotopic (exact) mass is 446 g/mol. The molecule has 2 aromatic rings. The molecule has 166 valence electrons. The second-order valence-corrected chi connectivity index (χ2v) is 7.72. The van der Waals surface area contributed by atoms with Gasteiger partial charge in [-0.3, -0.25) is 0 Å². The molecule has 2 aromatic heterocycles. The van der Waals surface area contributed by atoms with Gasteiger partial charge in [0.2, 0.25) is 11.2 Å². The summed E-state index contributed by atoms with van der Waals surface area (Å²) in [7, 11) is 0. The van der Waals surface area contributed by atoms with Crippen LogP contribution in [-0.4, -0.2) is 51.2 Å². The lowest BCUT2D eigenvalue weighted by Gasteiger charge is -2.31. The van der Waals surface area contributed by atoms with E-state index in [1.54, 1.807) is 6.20 Å². The van der Waals surface area contributed by atoms with E-state index in [2.05, 4.69) is 31.0 Å². The molecule has 10 nitrogen and oxygen atoms in total. The second-order valence-electron chi connectivity index (χ2n) is 7.38. The van der Waals surface area contributed by atoms with E-state index in [-0.39, 0.29) is 17.9 Å². The van der Waals surface area contributed by atoms with E-state index < -0.39 is 5.41 Å². The van der Waals surface area contributed by atoms with Gasteiger partial charge in [0.25, 0.3) is 0 Å². The van der Waals surface area contributed by atoms with Crippen LogP contribution in [0.1, 0.15) is 39.5 Å². The zero-order chi connectivity index (χ0) is 22.3. The summed E-state index contributed by atoms with van der Waals surface area (Å²) in [6.45, 7) is 6.34. The third-order valence-electron chi connectivity index (χ3n) is 5.22. The fourth-order valence-electron chi connectivity index (χ4n) is 3.11. The van der Waals surface area contributed by atoms with Crippen LogP contribution in [0.3, 0.4) is 0 Å². The normalized spacial score (nSPS) is 17.2. The number of nitrogens with zero attached hydrogens (tertiary/aromatic N) is 7. The van der Waals surface area contributed by atoms with Gasteiger partial charge in [-0.25, -0.2) is 9.97 Å². The molecule has 0 unspecified atom stereocenters. The maximum Gasteiger partial charge on any atom is 0.322 e. The fraction of sp³-hybridized carbons (Fsp3) is 0.600. The highest BCUT2D eigenvalue weighted by Crippen LogP contribution is 2.44. The van der Waals surface area contributed by atoms with Crippen LogP contribution in [0.4, 0.5) is 11.8 Å². The lowest BCUT2D eigenvalue weighted by molar-refractivity contribution is 0.221. The molecule has 0 atom stereocenters. The third-order valence-corrected chi connectivity index (χ3v) is 5.39. The minimum atomic E-state index is -0.398. The summed E-state index contributed by atoms with van der Waals surface area (Å²) in [5.74, 6) is 1.71. The third kappa shape index (κ3) is 6.04. The minimum absolute atomic E-state index is 0.0804. The Morgan fingerprint density at radius 2 is 1.97 bits per heavy atom. The van der Waals surface area contributed by atoms with Crippen molar-refractivity contribution in [2.24, 2.45) is 11.3 Å². The van der Waals surface area contributed by atoms with Crippen LogP contribution < -0.4 is 20.1 Å². The summed E-state index contributed by atoms with van der Waals surface area (Å²) < 4.78 is 11.4. The summed E-state index contributed by atoms with van der Waals surface area (Å²) in [6.07, 6.45) is 6.46. The summed E-state index contributed by atoms with van der Waals surface area (Å²) in [5.41, 5.74) is 5.38. The first-order valence-corrected chi connectivity index (χ1v) is 10.8. The molecular weight excluding hydrogens is 420 g/mol. The molecule has 0 amide bonds. The number of rotatable bonds is 7. The molecule has 2 fully saturated rings. The fourth-order valence-corrected chi connectivity index (χ4v) is 3.26.